The highest BCUT2D eigenvalue weighted by Gasteiger charge is 2.26. The summed E-state index contributed by atoms with van der Waals surface area (Å²) in [6, 6.07) is 10.4. The van der Waals surface area contributed by atoms with Gasteiger partial charge in [-0.05, 0) is 12.1 Å². The molecule has 0 aliphatic carbocycles. The first-order chi connectivity index (χ1) is 11.6. The Morgan fingerprint density at radius 2 is 1.62 bits per heavy atom. The number of benzene rings is 2. The van der Waals surface area contributed by atoms with Crippen molar-refractivity contribution < 1.29 is 18.6 Å². The van der Waals surface area contributed by atoms with Crippen LogP contribution in [0.4, 0.5) is 15.8 Å². The van der Waals surface area contributed by atoms with Crippen molar-refractivity contribution in [1.29, 1.82) is 10.5 Å². The average Bonchev–Trinajstić information content (AvgIpc) is 2.62. The first-order valence-corrected chi connectivity index (χ1v) is 6.79. The molecule has 2 aromatic rings. The lowest BCUT2D eigenvalue weighted by Crippen LogP contribution is -2.05. The van der Waals surface area contributed by atoms with Crippen LogP contribution in [-0.4, -0.2) is 21.3 Å². The van der Waals surface area contributed by atoms with Crippen molar-refractivity contribution >= 4 is 11.4 Å². The van der Waals surface area contributed by atoms with Gasteiger partial charge in [0.2, 0.25) is 5.75 Å². The molecule has 0 aliphatic heterocycles. The number of hydrogen-bond acceptors (Lipinski definition) is 6. The maximum atomic E-state index is 14.4. The molecule has 6 nitrogen and oxygen atoms in total. The lowest BCUT2D eigenvalue weighted by molar-refractivity contribution is 0.338. The summed E-state index contributed by atoms with van der Waals surface area (Å²) < 4.78 is 29.7. The highest BCUT2D eigenvalue weighted by molar-refractivity contribution is 5.80. The highest BCUT2D eigenvalue weighted by Crippen LogP contribution is 2.43. The molecule has 7 heteroatoms. The third-order valence-corrected chi connectivity index (χ3v) is 3.32. The van der Waals surface area contributed by atoms with Crippen LogP contribution in [0.2, 0.25) is 0 Å². The summed E-state index contributed by atoms with van der Waals surface area (Å²) in [5.41, 5.74) is 0.126. The third kappa shape index (κ3) is 2.88. The minimum Gasteiger partial charge on any atom is -0.497 e. The molecule has 0 radical (unpaired) electrons. The quantitative estimate of drug-likeness (QED) is 0.906. The first kappa shape index (κ1) is 16.9. The molecular weight excluding hydrogens is 313 g/mol. The van der Waals surface area contributed by atoms with Crippen LogP contribution < -0.4 is 19.5 Å². The Labute approximate surface area is 138 Å². The van der Waals surface area contributed by atoms with Gasteiger partial charge in [0.05, 0.1) is 21.3 Å². The van der Waals surface area contributed by atoms with Crippen molar-refractivity contribution in [3.8, 4) is 29.4 Å². The first-order valence-electron chi connectivity index (χ1n) is 6.79. The van der Waals surface area contributed by atoms with E-state index in [0.29, 0.717) is 11.4 Å². The van der Waals surface area contributed by atoms with Crippen LogP contribution in [0.25, 0.3) is 0 Å². The fourth-order valence-electron chi connectivity index (χ4n) is 2.23. The van der Waals surface area contributed by atoms with E-state index in [9.17, 15) is 14.9 Å². The Morgan fingerprint density at radius 1 is 0.958 bits per heavy atom. The lowest BCUT2D eigenvalue weighted by atomic mass is 10.0. The predicted molar refractivity (Wildman–Crippen MR) is 85.2 cm³/mol. The second-order valence-corrected chi connectivity index (χ2v) is 4.59. The van der Waals surface area contributed by atoms with E-state index in [4.69, 9.17) is 14.2 Å². The number of ether oxygens (including phenoxy) is 3. The number of nitrogens with zero attached hydrogens (tertiary/aromatic N) is 2. The summed E-state index contributed by atoms with van der Waals surface area (Å²) >= 11 is 0. The zero-order valence-corrected chi connectivity index (χ0v) is 13.3. The molecule has 24 heavy (non-hydrogen) atoms. The standard InChI is InChI=1S/C17H14FN3O3/c1-22-11-6-4-5-10(7-11)21-15-13(9-20)12(8-19)14(18)16(23-2)17(15)24-3/h4-7,21H,1-3H3. The van der Waals surface area contributed by atoms with E-state index in [1.54, 1.807) is 30.3 Å². The van der Waals surface area contributed by atoms with E-state index >= 15 is 0 Å². The number of hydrogen-bond donors (Lipinski definition) is 1. The van der Waals surface area contributed by atoms with Gasteiger partial charge in [0, 0.05) is 11.8 Å². The fourth-order valence-corrected chi connectivity index (χ4v) is 2.23. The van der Waals surface area contributed by atoms with Crippen molar-refractivity contribution in [2.75, 3.05) is 26.6 Å². The topological polar surface area (TPSA) is 87.3 Å². The summed E-state index contributed by atoms with van der Waals surface area (Å²) in [7, 11) is 4.10. The molecule has 122 valence electrons. The number of halogens is 1. The molecule has 0 heterocycles. The van der Waals surface area contributed by atoms with E-state index in [0.717, 1.165) is 0 Å². The Bertz CT molecular complexity index is 854. The van der Waals surface area contributed by atoms with E-state index < -0.39 is 11.4 Å². The van der Waals surface area contributed by atoms with Gasteiger partial charge in [-0.1, -0.05) is 6.07 Å². The van der Waals surface area contributed by atoms with Gasteiger partial charge in [-0.3, -0.25) is 0 Å². The second-order valence-electron chi connectivity index (χ2n) is 4.59. The van der Waals surface area contributed by atoms with Crippen LogP contribution in [0.1, 0.15) is 11.1 Å². The molecule has 2 rings (SSSR count). The molecular formula is C17H14FN3O3. The van der Waals surface area contributed by atoms with Crippen LogP contribution >= 0.6 is 0 Å². The SMILES string of the molecule is COc1cccc(Nc2c(C#N)c(C#N)c(F)c(OC)c2OC)c1. The van der Waals surface area contributed by atoms with E-state index in [-0.39, 0.29) is 22.7 Å². The van der Waals surface area contributed by atoms with E-state index in [1.807, 2.05) is 6.07 Å². The maximum Gasteiger partial charge on any atom is 0.200 e. The Morgan fingerprint density at radius 3 is 2.17 bits per heavy atom. The summed E-state index contributed by atoms with van der Waals surface area (Å²) in [4.78, 5) is 0. The van der Waals surface area contributed by atoms with Crippen LogP contribution in [0.3, 0.4) is 0 Å². The van der Waals surface area contributed by atoms with Crippen molar-refractivity contribution in [2.45, 2.75) is 0 Å². The van der Waals surface area contributed by atoms with Crippen molar-refractivity contribution in [3.63, 3.8) is 0 Å². The summed E-state index contributed by atoms with van der Waals surface area (Å²) in [6.45, 7) is 0. The van der Waals surface area contributed by atoms with Crippen LogP contribution in [0.5, 0.6) is 17.2 Å². The fraction of sp³-hybridized carbons (Fsp3) is 0.176. The Kier molecular flexibility index (Phi) is 5.08. The number of rotatable bonds is 5. The molecule has 0 spiro atoms. The molecule has 0 bridgehead atoms. The highest BCUT2D eigenvalue weighted by atomic mass is 19.1. The van der Waals surface area contributed by atoms with Gasteiger partial charge in [0.15, 0.2) is 11.6 Å². The number of nitriles is 2. The zero-order valence-electron chi connectivity index (χ0n) is 13.3. The third-order valence-electron chi connectivity index (χ3n) is 3.32. The number of methoxy groups -OCH3 is 3. The van der Waals surface area contributed by atoms with Crippen LogP contribution in [0.15, 0.2) is 24.3 Å². The Hall–Kier alpha value is -3.45. The van der Waals surface area contributed by atoms with E-state index in [1.165, 1.54) is 21.3 Å². The minimum absolute atomic E-state index is 0.00614. The van der Waals surface area contributed by atoms with Gasteiger partial charge in [-0.2, -0.15) is 10.5 Å². The molecule has 0 aromatic heterocycles. The average molecular weight is 327 g/mol. The molecule has 0 atom stereocenters. The number of anilines is 2. The maximum absolute atomic E-state index is 14.4. The van der Waals surface area contributed by atoms with Crippen molar-refractivity contribution in [3.05, 3.63) is 41.2 Å². The lowest BCUT2D eigenvalue weighted by Gasteiger charge is -2.18. The molecule has 1 N–H and O–H groups in total. The van der Waals surface area contributed by atoms with Gasteiger partial charge >= 0.3 is 0 Å². The summed E-state index contributed by atoms with van der Waals surface area (Å²) in [5.74, 6) is -0.608. The predicted octanol–water partition coefficient (Wildman–Crippen LogP) is 3.34. The second kappa shape index (κ2) is 7.21. The summed E-state index contributed by atoms with van der Waals surface area (Å²) in [6.07, 6.45) is 0. The van der Waals surface area contributed by atoms with Gasteiger partial charge in [-0.15, -0.1) is 0 Å². The molecule has 2 aromatic carbocycles. The molecule has 0 fully saturated rings. The molecule has 0 amide bonds. The van der Waals surface area contributed by atoms with Gasteiger partial charge in [0.25, 0.3) is 0 Å². The minimum atomic E-state index is -0.940. The molecule has 0 aliphatic rings. The molecule has 0 saturated carbocycles. The van der Waals surface area contributed by atoms with Crippen molar-refractivity contribution in [1.82, 2.24) is 0 Å². The van der Waals surface area contributed by atoms with E-state index in [2.05, 4.69) is 5.32 Å². The van der Waals surface area contributed by atoms with Crippen molar-refractivity contribution in [2.24, 2.45) is 0 Å². The largest absolute Gasteiger partial charge is 0.497 e. The van der Waals surface area contributed by atoms with Crippen LogP contribution in [-0.2, 0) is 0 Å². The van der Waals surface area contributed by atoms with Gasteiger partial charge in [-0.25, -0.2) is 4.39 Å². The molecule has 0 unspecified atom stereocenters. The Balaban J connectivity index is 2.71. The van der Waals surface area contributed by atoms with Gasteiger partial charge in [0.1, 0.15) is 34.7 Å². The monoisotopic (exact) mass is 327 g/mol. The number of nitrogens with one attached hydrogen (secondary N) is 1. The van der Waals surface area contributed by atoms with Crippen LogP contribution in [0, 0.1) is 28.5 Å². The zero-order chi connectivity index (χ0) is 17.7. The molecule has 0 saturated heterocycles. The summed E-state index contributed by atoms with van der Waals surface area (Å²) in [5, 5.41) is 21.6. The normalized spacial score (nSPS) is 9.58. The smallest absolute Gasteiger partial charge is 0.200 e. The van der Waals surface area contributed by atoms with Gasteiger partial charge < -0.3 is 19.5 Å².